The lowest BCUT2D eigenvalue weighted by atomic mass is 10.1. The lowest BCUT2D eigenvalue weighted by molar-refractivity contribution is 0.415. The first kappa shape index (κ1) is 23.3. The molecule has 0 spiro atoms. The second-order valence-electron chi connectivity index (χ2n) is 8.26. The van der Waals surface area contributed by atoms with Gasteiger partial charge in [0.15, 0.2) is 5.69 Å². The molecule has 0 bridgehead atoms. The molecule has 3 aromatic carbocycles. The van der Waals surface area contributed by atoms with Crippen LogP contribution >= 0.6 is 23.4 Å². The Morgan fingerprint density at radius 1 is 1.03 bits per heavy atom. The van der Waals surface area contributed by atoms with Crippen LogP contribution in [0.1, 0.15) is 11.1 Å². The highest BCUT2D eigenvalue weighted by atomic mass is 35.5. The molecule has 6 rings (SSSR count). The average molecular weight is 530 g/mol. The van der Waals surface area contributed by atoms with E-state index in [1.165, 1.54) is 11.8 Å². The molecule has 5 aromatic rings. The Bertz CT molecular complexity index is 1660. The second kappa shape index (κ2) is 9.72. The molecule has 1 N–H and O–H groups in total. The van der Waals surface area contributed by atoms with E-state index in [1.54, 1.807) is 28.5 Å². The van der Waals surface area contributed by atoms with Crippen molar-refractivity contribution in [1.29, 1.82) is 0 Å². The number of fused-ring (bicyclic) bond motifs is 2. The van der Waals surface area contributed by atoms with E-state index >= 15 is 0 Å². The molecule has 184 valence electrons. The van der Waals surface area contributed by atoms with E-state index in [-0.39, 0.29) is 11.8 Å². The van der Waals surface area contributed by atoms with Gasteiger partial charge in [0.1, 0.15) is 5.75 Å². The Balaban J connectivity index is 1.37. The molecule has 0 amide bonds. The molecule has 2 aromatic heterocycles. The molecule has 0 fully saturated rings. The summed E-state index contributed by atoms with van der Waals surface area (Å²) in [6.45, 7) is 0.465. The number of benzene rings is 3. The lowest BCUT2D eigenvalue weighted by Gasteiger charge is -2.12. The van der Waals surface area contributed by atoms with Gasteiger partial charge in [-0.05, 0) is 53.6 Å². The molecule has 37 heavy (non-hydrogen) atoms. The molecule has 0 aliphatic carbocycles. The predicted molar refractivity (Wildman–Crippen MR) is 144 cm³/mol. The van der Waals surface area contributed by atoms with Gasteiger partial charge < -0.3 is 14.4 Å². The number of hydrogen-bond donors (Lipinski definition) is 1. The van der Waals surface area contributed by atoms with Gasteiger partial charge in [-0.1, -0.05) is 53.7 Å². The third-order valence-electron chi connectivity index (χ3n) is 5.97. The molecule has 0 unspecified atom stereocenters. The third-order valence-corrected chi connectivity index (χ3v) is 7.14. The van der Waals surface area contributed by atoms with Crippen molar-refractivity contribution in [2.75, 3.05) is 12.9 Å². The highest BCUT2D eigenvalue weighted by Crippen LogP contribution is 2.41. The third kappa shape index (κ3) is 4.45. The number of rotatable bonds is 6. The largest absolute Gasteiger partial charge is 0.497 e. The van der Waals surface area contributed by atoms with E-state index in [1.807, 2.05) is 60.7 Å². The first-order valence-electron chi connectivity index (χ1n) is 11.4. The van der Waals surface area contributed by atoms with Crippen LogP contribution in [0.3, 0.4) is 0 Å². The van der Waals surface area contributed by atoms with Crippen LogP contribution in [-0.4, -0.2) is 43.1 Å². The quantitative estimate of drug-likeness (QED) is 0.256. The molecule has 3 heterocycles. The maximum Gasteiger partial charge on any atom is 0.291 e. The summed E-state index contributed by atoms with van der Waals surface area (Å²) in [5, 5.41) is 34.7. The zero-order valence-electron chi connectivity index (χ0n) is 19.6. The number of hydrogen-bond acceptors (Lipinski definition) is 8. The second-order valence-corrected chi connectivity index (χ2v) is 9.64. The highest BCUT2D eigenvalue weighted by Gasteiger charge is 2.21. The zero-order valence-corrected chi connectivity index (χ0v) is 21.2. The fraction of sp³-hybridized carbons (Fsp3) is 0.115. The maximum absolute atomic E-state index is 11.1. The summed E-state index contributed by atoms with van der Waals surface area (Å²) < 4.78 is 8.59. The van der Waals surface area contributed by atoms with E-state index < -0.39 is 0 Å². The van der Waals surface area contributed by atoms with Gasteiger partial charge in [-0.25, -0.2) is 0 Å². The SMILES string of the molecule is COc1ccc(C2=Nn3c(N=Nc4c(O)n(Cc5ccccc5)c5ccc(Cl)cc45)nnc3SC2)cc1. The van der Waals surface area contributed by atoms with Crippen LogP contribution in [0.15, 0.2) is 93.3 Å². The minimum absolute atomic E-state index is 0.0138. The van der Waals surface area contributed by atoms with Crippen LogP contribution in [0.5, 0.6) is 11.6 Å². The van der Waals surface area contributed by atoms with Crippen molar-refractivity contribution in [3.8, 4) is 11.6 Å². The summed E-state index contributed by atoms with van der Waals surface area (Å²) in [4.78, 5) is 0. The van der Waals surface area contributed by atoms with Crippen molar-refractivity contribution in [1.82, 2.24) is 19.4 Å². The predicted octanol–water partition coefficient (Wildman–Crippen LogP) is 6.42. The fourth-order valence-corrected chi connectivity index (χ4v) is 5.13. The summed E-state index contributed by atoms with van der Waals surface area (Å²) in [6, 6.07) is 23.0. The van der Waals surface area contributed by atoms with Gasteiger partial charge in [-0.2, -0.15) is 9.78 Å². The number of ether oxygens (including phenoxy) is 1. The Kier molecular flexibility index (Phi) is 6.11. The molecular weight excluding hydrogens is 510 g/mol. The Morgan fingerprint density at radius 3 is 2.62 bits per heavy atom. The lowest BCUT2D eigenvalue weighted by Crippen LogP contribution is -2.12. The van der Waals surface area contributed by atoms with Gasteiger partial charge in [-0.3, -0.25) is 0 Å². The van der Waals surface area contributed by atoms with Crippen LogP contribution in [-0.2, 0) is 6.54 Å². The summed E-state index contributed by atoms with van der Waals surface area (Å²) in [6.07, 6.45) is 0. The minimum atomic E-state index is -0.0138. The van der Waals surface area contributed by atoms with Crippen molar-refractivity contribution in [3.05, 3.63) is 88.9 Å². The molecule has 0 radical (unpaired) electrons. The van der Waals surface area contributed by atoms with Crippen molar-refractivity contribution in [2.24, 2.45) is 15.3 Å². The van der Waals surface area contributed by atoms with Crippen molar-refractivity contribution >= 4 is 51.6 Å². The topological polar surface area (TPSA) is 102 Å². The highest BCUT2D eigenvalue weighted by molar-refractivity contribution is 7.99. The van der Waals surface area contributed by atoms with Crippen molar-refractivity contribution in [3.63, 3.8) is 0 Å². The molecule has 1 aliphatic rings. The Labute approximate surface area is 221 Å². The van der Waals surface area contributed by atoms with Gasteiger partial charge in [0.25, 0.3) is 5.95 Å². The van der Waals surface area contributed by atoms with Gasteiger partial charge >= 0.3 is 0 Å². The number of nitrogens with zero attached hydrogens (tertiary/aromatic N) is 7. The van der Waals surface area contributed by atoms with Crippen LogP contribution in [0.2, 0.25) is 5.02 Å². The first-order chi connectivity index (χ1) is 18.1. The molecular formula is C26H20ClN7O2S. The maximum atomic E-state index is 11.1. The molecule has 0 saturated carbocycles. The number of thioether (sulfide) groups is 1. The number of azo groups is 1. The number of halogens is 1. The van der Waals surface area contributed by atoms with Crippen molar-refractivity contribution < 1.29 is 9.84 Å². The van der Waals surface area contributed by atoms with E-state index in [9.17, 15) is 5.11 Å². The number of aromatic hydroxyl groups is 1. The van der Waals surface area contributed by atoms with Crippen LogP contribution in [0.4, 0.5) is 11.6 Å². The van der Waals surface area contributed by atoms with Gasteiger partial charge in [0, 0.05) is 16.2 Å². The smallest absolute Gasteiger partial charge is 0.291 e. The first-order valence-corrected chi connectivity index (χ1v) is 12.7. The molecule has 9 nitrogen and oxygen atoms in total. The molecule has 1 aliphatic heterocycles. The van der Waals surface area contributed by atoms with Crippen LogP contribution < -0.4 is 4.74 Å². The van der Waals surface area contributed by atoms with E-state index in [0.29, 0.717) is 33.6 Å². The summed E-state index contributed by atoms with van der Waals surface area (Å²) in [5.41, 5.74) is 3.95. The van der Waals surface area contributed by atoms with Crippen molar-refractivity contribution in [2.45, 2.75) is 11.7 Å². The monoisotopic (exact) mass is 529 g/mol. The standard InChI is InChI=1S/C26H20ClN7O2S/c1-36-19-10-7-17(8-11-19)21-15-37-26-31-30-25(34(26)32-21)29-28-23-20-13-18(27)9-12-22(20)33(24(23)35)14-16-5-3-2-4-6-16/h2-13,35H,14-15H2,1H3. The normalized spacial score (nSPS) is 13.2. The van der Waals surface area contributed by atoms with E-state index in [2.05, 4.69) is 20.4 Å². The van der Waals surface area contributed by atoms with Gasteiger partial charge in [-0.15, -0.1) is 20.4 Å². The van der Waals surface area contributed by atoms with Crippen LogP contribution in [0, 0.1) is 0 Å². The summed E-state index contributed by atoms with van der Waals surface area (Å²) in [5.74, 6) is 1.62. The zero-order chi connectivity index (χ0) is 25.4. The Morgan fingerprint density at radius 2 is 1.84 bits per heavy atom. The van der Waals surface area contributed by atoms with E-state index in [0.717, 1.165) is 28.1 Å². The average Bonchev–Trinajstić information content (AvgIpc) is 3.45. The number of methoxy groups -OCH3 is 1. The fourth-order valence-electron chi connectivity index (χ4n) is 4.12. The molecule has 11 heteroatoms. The van der Waals surface area contributed by atoms with E-state index in [4.69, 9.17) is 21.4 Å². The minimum Gasteiger partial charge on any atom is -0.497 e. The van der Waals surface area contributed by atoms with Crippen LogP contribution in [0.25, 0.3) is 10.9 Å². The number of aromatic nitrogens is 4. The summed E-state index contributed by atoms with van der Waals surface area (Å²) in [7, 11) is 1.63. The summed E-state index contributed by atoms with van der Waals surface area (Å²) >= 11 is 7.79. The molecule has 0 atom stereocenters. The van der Waals surface area contributed by atoms with Gasteiger partial charge in [0.05, 0.1) is 24.9 Å². The molecule has 0 saturated heterocycles. The van der Waals surface area contributed by atoms with Gasteiger partial charge in [0.2, 0.25) is 11.0 Å². The Hall–Kier alpha value is -4.15.